The van der Waals surface area contributed by atoms with Gasteiger partial charge in [0.15, 0.2) is 0 Å². The average Bonchev–Trinajstić information content (AvgIpc) is 3.80. The molecule has 3 aliphatic heterocycles. The van der Waals surface area contributed by atoms with Crippen LogP contribution in [0.4, 0.5) is 11.4 Å². The number of nitrogens with zero attached hydrogens (tertiary/aromatic N) is 3. The first-order chi connectivity index (χ1) is 27.1. The second-order valence-electron chi connectivity index (χ2n) is 14.6. The fourth-order valence-corrected chi connectivity index (χ4v) is 9.59. The van der Waals surface area contributed by atoms with Crippen molar-refractivity contribution in [1.82, 2.24) is 10.2 Å². The lowest BCUT2D eigenvalue weighted by Crippen LogP contribution is -2.57. The van der Waals surface area contributed by atoms with Gasteiger partial charge in [0.05, 0.1) is 30.6 Å². The highest BCUT2D eigenvalue weighted by Crippen LogP contribution is 2.60. The Balaban J connectivity index is 1.51. The highest BCUT2D eigenvalue weighted by Gasteiger charge is 2.77. The van der Waals surface area contributed by atoms with E-state index in [0.717, 1.165) is 18.8 Å². The molecule has 8 atom stereocenters. The molecule has 3 heterocycles. The van der Waals surface area contributed by atoms with Crippen molar-refractivity contribution in [2.45, 2.75) is 87.1 Å². The molecule has 2 aromatic rings. The molecule has 0 saturated carbocycles. The van der Waals surface area contributed by atoms with Crippen LogP contribution in [-0.4, -0.2) is 109 Å². The Bertz CT molecular complexity index is 1670. The summed E-state index contributed by atoms with van der Waals surface area (Å²) in [5, 5.41) is 12.5. The number of amides is 3. The normalized spacial score (nSPS) is 24.6. The lowest BCUT2D eigenvalue weighted by molar-refractivity contribution is -0.163. The first-order valence-corrected chi connectivity index (χ1v) is 20.7. The maximum Gasteiger partial charge on any atom is 0.313 e. The molecule has 56 heavy (non-hydrogen) atoms. The van der Waals surface area contributed by atoms with Gasteiger partial charge in [0.2, 0.25) is 11.8 Å². The second kappa shape index (κ2) is 19.9. The quantitative estimate of drug-likeness (QED) is 0.0697. The highest BCUT2D eigenvalue weighted by molar-refractivity contribution is 9.09. The van der Waals surface area contributed by atoms with Crippen molar-refractivity contribution in [3.63, 3.8) is 0 Å². The number of carbonyl (C=O) groups is 4. The predicted molar refractivity (Wildman–Crippen MR) is 219 cm³/mol. The molecule has 3 aliphatic rings. The van der Waals surface area contributed by atoms with Crippen LogP contribution < -0.4 is 15.1 Å². The summed E-state index contributed by atoms with van der Waals surface area (Å²) in [5.74, 6) is -3.59. The maximum atomic E-state index is 15.1. The van der Waals surface area contributed by atoms with E-state index in [1.807, 2.05) is 54.6 Å². The number of esters is 1. The number of alkyl halides is 1. The molecule has 1 spiro atoms. The molecule has 3 fully saturated rings. The van der Waals surface area contributed by atoms with Crippen LogP contribution in [0.3, 0.4) is 0 Å². The number of fused-ring (bicyclic) bond motifs is 1. The number of hydrogen-bond acceptors (Lipinski definition) is 9. The lowest BCUT2D eigenvalue weighted by atomic mass is 9.70. The largest absolute Gasteiger partial charge is 0.455 e. The minimum absolute atomic E-state index is 0.0186. The number of ether oxygens (including phenoxy) is 3. The fraction of sp³-hybridized carbons (Fsp3) is 0.535. The number of nitrogens with one attached hydrogen (secondary N) is 1. The second-order valence-corrected chi connectivity index (χ2v) is 15.8. The lowest BCUT2D eigenvalue weighted by Gasteiger charge is -2.37. The number of aliphatic hydroxyl groups excluding tert-OH is 1. The number of allylic oxidation sites excluding steroid dienone is 1. The summed E-state index contributed by atoms with van der Waals surface area (Å²) < 4.78 is 18.7. The fourth-order valence-electron chi connectivity index (χ4n) is 8.65. The zero-order valence-electron chi connectivity index (χ0n) is 32.8. The van der Waals surface area contributed by atoms with Gasteiger partial charge in [-0.3, -0.25) is 19.2 Å². The predicted octanol–water partition coefficient (Wildman–Crippen LogP) is 5.34. The Labute approximate surface area is 339 Å². The van der Waals surface area contributed by atoms with E-state index in [2.05, 4.69) is 53.2 Å². The molecule has 304 valence electrons. The van der Waals surface area contributed by atoms with E-state index in [1.54, 1.807) is 22.0 Å². The van der Waals surface area contributed by atoms with Crippen LogP contribution in [0.2, 0.25) is 0 Å². The molecule has 0 radical (unpaired) electrons. The Hall–Kier alpha value is -4.04. The van der Waals surface area contributed by atoms with Gasteiger partial charge in [0.25, 0.3) is 5.91 Å². The van der Waals surface area contributed by atoms with Gasteiger partial charge in [-0.1, -0.05) is 58.4 Å². The molecule has 3 amide bonds. The van der Waals surface area contributed by atoms with E-state index < -0.39 is 47.7 Å². The summed E-state index contributed by atoms with van der Waals surface area (Å²) in [6.45, 7) is 14.0. The zero-order valence-corrected chi connectivity index (χ0v) is 34.4. The van der Waals surface area contributed by atoms with E-state index in [0.29, 0.717) is 43.4 Å². The van der Waals surface area contributed by atoms with Crippen molar-refractivity contribution in [3.05, 3.63) is 85.5 Å². The topological polar surface area (TPSA) is 138 Å². The van der Waals surface area contributed by atoms with E-state index in [4.69, 9.17) is 14.2 Å². The minimum atomic E-state index is -1.32. The molecule has 0 aromatic heterocycles. The van der Waals surface area contributed by atoms with Crippen molar-refractivity contribution in [2.24, 2.45) is 11.8 Å². The van der Waals surface area contributed by atoms with Crippen molar-refractivity contribution in [2.75, 3.05) is 56.3 Å². The van der Waals surface area contributed by atoms with Crippen LogP contribution in [0.1, 0.15) is 64.0 Å². The molecule has 2 aromatic carbocycles. The van der Waals surface area contributed by atoms with E-state index in [-0.39, 0.29) is 55.3 Å². The van der Waals surface area contributed by atoms with Crippen LogP contribution in [0.15, 0.2) is 79.9 Å². The summed E-state index contributed by atoms with van der Waals surface area (Å²) in [6, 6.07) is 15.1. The first-order valence-electron chi connectivity index (χ1n) is 19.8. The average molecular weight is 838 g/mol. The molecular weight excluding hydrogens is 780 g/mol. The summed E-state index contributed by atoms with van der Waals surface area (Å²) in [5.41, 5.74) is 1.01. The van der Waals surface area contributed by atoms with Gasteiger partial charge in [0, 0.05) is 62.5 Å². The molecule has 2 bridgehead atoms. The standard InChI is InChI=1S/C43H57BrN4O8/c1-6-10-19-34(50)45-33(28-54-5)37(29-17-13-11-14-18-29)55-42(53)35-36-40(51)48(25-15-12-16-26-49)39(43(36)27-32(44)38(35)56-43)41(52)47(24-7-2)31-22-20-30(21-23-31)46(8-3)9-4/h6-7,11,13-14,17-18,20-23,32-33,35-39,49H,1-2,8-10,12,15-16,19,24-28H2,3-5H3,(H,45,50)/t32?,33-,35-,36+,37-,38-,39-,43+/m0/s1. The Morgan fingerprint density at radius 2 is 1.75 bits per heavy atom. The molecule has 1 unspecified atom stereocenters. The van der Waals surface area contributed by atoms with Gasteiger partial charge >= 0.3 is 5.97 Å². The maximum absolute atomic E-state index is 15.1. The third-order valence-electron chi connectivity index (χ3n) is 11.2. The zero-order chi connectivity index (χ0) is 40.4. The number of likely N-dealkylation sites (tertiary alicyclic amines) is 1. The van der Waals surface area contributed by atoms with Crippen LogP contribution in [0.25, 0.3) is 0 Å². The van der Waals surface area contributed by atoms with Crippen LogP contribution in [0, 0.1) is 11.8 Å². The molecule has 13 heteroatoms. The first kappa shape index (κ1) is 43.1. The van der Waals surface area contributed by atoms with Gasteiger partial charge in [0.1, 0.15) is 17.7 Å². The Morgan fingerprint density at radius 1 is 1.05 bits per heavy atom. The van der Waals surface area contributed by atoms with Crippen LogP contribution >= 0.6 is 15.9 Å². The molecule has 2 N–H and O–H groups in total. The Morgan fingerprint density at radius 3 is 2.38 bits per heavy atom. The smallest absolute Gasteiger partial charge is 0.313 e. The summed E-state index contributed by atoms with van der Waals surface area (Å²) in [6.07, 6.45) is 4.39. The van der Waals surface area contributed by atoms with Crippen molar-refractivity contribution < 1.29 is 38.5 Å². The van der Waals surface area contributed by atoms with Gasteiger partial charge in [-0.25, -0.2) is 0 Å². The molecule has 5 rings (SSSR count). The minimum Gasteiger partial charge on any atom is -0.455 e. The Kier molecular flexibility index (Phi) is 15.3. The highest BCUT2D eigenvalue weighted by atomic mass is 79.9. The van der Waals surface area contributed by atoms with E-state index in [1.165, 1.54) is 7.11 Å². The number of rotatable bonds is 22. The van der Waals surface area contributed by atoms with Gasteiger partial charge in [-0.05, 0) is 75.8 Å². The van der Waals surface area contributed by atoms with Crippen LogP contribution in [0.5, 0.6) is 0 Å². The molecule has 12 nitrogen and oxygen atoms in total. The van der Waals surface area contributed by atoms with Crippen LogP contribution in [-0.2, 0) is 33.4 Å². The van der Waals surface area contributed by atoms with E-state index >= 15 is 4.79 Å². The summed E-state index contributed by atoms with van der Waals surface area (Å²) in [7, 11) is 1.51. The van der Waals surface area contributed by atoms with Crippen molar-refractivity contribution in [3.8, 4) is 0 Å². The number of methoxy groups -OCH3 is 1. The monoisotopic (exact) mass is 836 g/mol. The number of benzene rings is 2. The molecular formula is C43H57BrN4O8. The summed E-state index contributed by atoms with van der Waals surface area (Å²) >= 11 is 3.77. The third kappa shape index (κ3) is 8.91. The number of hydrogen-bond donors (Lipinski definition) is 2. The van der Waals surface area contributed by atoms with Gasteiger partial charge < -0.3 is 39.3 Å². The summed E-state index contributed by atoms with van der Waals surface area (Å²) in [4.78, 5) is 62.6. The number of aliphatic hydroxyl groups is 1. The number of anilines is 2. The third-order valence-corrected chi connectivity index (χ3v) is 12.1. The number of carbonyl (C=O) groups excluding carboxylic acids is 4. The molecule has 0 aliphatic carbocycles. The van der Waals surface area contributed by atoms with Gasteiger partial charge in [-0.15, -0.1) is 13.2 Å². The SMILES string of the molecule is C=CCCC(=O)N[C@@H](COC)[C@@H](OC(=O)[C@@H]1[C@H]2O[C@@]3(CC2Br)[C@H](C(=O)N(CC=C)c2ccc(N(CC)CC)cc2)N(CCCCCO)C(=O)[C@@H]13)c1ccccc1. The van der Waals surface area contributed by atoms with E-state index in [9.17, 15) is 19.5 Å². The number of unbranched alkanes of at least 4 members (excludes halogenated alkanes) is 2. The van der Waals surface area contributed by atoms with Gasteiger partial charge in [-0.2, -0.15) is 0 Å². The van der Waals surface area contributed by atoms with Crippen molar-refractivity contribution in [1.29, 1.82) is 0 Å². The number of halogens is 1. The van der Waals surface area contributed by atoms with Crippen molar-refractivity contribution >= 4 is 51.0 Å². The molecule has 3 saturated heterocycles.